The van der Waals surface area contributed by atoms with E-state index < -0.39 is 0 Å². The highest BCUT2D eigenvalue weighted by atomic mass is 16.5. The van der Waals surface area contributed by atoms with Crippen molar-refractivity contribution in [3.63, 3.8) is 0 Å². The average molecular weight is 449 g/mol. The van der Waals surface area contributed by atoms with Gasteiger partial charge in [-0.3, -0.25) is 4.79 Å². The Morgan fingerprint density at radius 3 is 1.97 bits per heavy atom. The molecule has 0 heterocycles. The van der Waals surface area contributed by atoms with E-state index in [1.807, 2.05) is 0 Å². The molecule has 0 spiro atoms. The van der Waals surface area contributed by atoms with Gasteiger partial charge in [-0.05, 0) is 54.0 Å². The standard InChI is InChI=1S/C31H44O2/c1-3-5-7-8-9-10-11-23-33-29-20-18-27(19-21-29)26-14-16-28(17-15-26)30-22-13-25(12-6-4-2)24-31(30)32/h14-21,25,30H,3-13,22-24H2,1-2H3/t25-,30+/m0/s1. The minimum Gasteiger partial charge on any atom is -0.494 e. The molecular weight excluding hydrogens is 404 g/mol. The average Bonchev–Trinajstić information content (AvgIpc) is 2.85. The highest BCUT2D eigenvalue weighted by Crippen LogP contribution is 2.36. The predicted octanol–water partition coefficient (Wildman–Crippen LogP) is 9.13. The fourth-order valence-electron chi connectivity index (χ4n) is 5.08. The molecule has 1 aliphatic rings. The van der Waals surface area contributed by atoms with Gasteiger partial charge in [0.15, 0.2) is 0 Å². The molecule has 2 atom stereocenters. The van der Waals surface area contributed by atoms with E-state index in [2.05, 4.69) is 62.4 Å². The van der Waals surface area contributed by atoms with Crippen LogP contribution in [0.3, 0.4) is 0 Å². The van der Waals surface area contributed by atoms with Crippen molar-refractivity contribution in [2.45, 2.75) is 103 Å². The Morgan fingerprint density at radius 2 is 1.33 bits per heavy atom. The summed E-state index contributed by atoms with van der Waals surface area (Å²) >= 11 is 0. The van der Waals surface area contributed by atoms with Gasteiger partial charge in [0.05, 0.1) is 6.61 Å². The van der Waals surface area contributed by atoms with Crippen LogP contribution in [0.25, 0.3) is 11.1 Å². The van der Waals surface area contributed by atoms with E-state index in [9.17, 15) is 4.79 Å². The number of hydrogen-bond donors (Lipinski definition) is 0. The van der Waals surface area contributed by atoms with Gasteiger partial charge < -0.3 is 4.74 Å². The van der Waals surface area contributed by atoms with Gasteiger partial charge in [0, 0.05) is 12.3 Å². The largest absolute Gasteiger partial charge is 0.494 e. The Morgan fingerprint density at radius 1 is 0.727 bits per heavy atom. The van der Waals surface area contributed by atoms with Crippen LogP contribution in [0.4, 0.5) is 0 Å². The summed E-state index contributed by atoms with van der Waals surface area (Å²) in [5.41, 5.74) is 3.58. The van der Waals surface area contributed by atoms with Crippen molar-refractivity contribution < 1.29 is 9.53 Å². The van der Waals surface area contributed by atoms with E-state index in [4.69, 9.17) is 4.74 Å². The third-order valence-corrected chi connectivity index (χ3v) is 7.23. The van der Waals surface area contributed by atoms with Crippen molar-refractivity contribution in [2.24, 2.45) is 5.92 Å². The Bertz CT molecular complexity index is 806. The van der Waals surface area contributed by atoms with Gasteiger partial charge in [0.2, 0.25) is 0 Å². The number of carbonyl (C=O) groups excluding carboxylic acids is 1. The molecule has 180 valence electrons. The van der Waals surface area contributed by atoms with E-state index in [1.165, 1.54) is 80.9 Å². The summed E-state index contributed by atoms with van der Waals surface area (Å²) in [5.74, 6) is 2.10. The number of carbonyl (C=O) groups is 1. The summed E-state index contributed by atoms with van der Waals surface area (Å²) in [4.78, 5) is 12.7. The second-order valence-corrected chi connectivity index (χ2v) is 9.92. The first-order valence-corrected chi connectivity index (χ1v) is 13.6. The summed E-state index contributed by atoms with van der Waals surface area (Å²) in [6, 6.07) is 17.1. The van der Waals surface area contributed by atoms with E-state index in [1.54, 1.807) is 0 Å². The summed E-state index contributed by atoms with van der Waals surface area (Å²) in [6.07, 6.45) is 15.8. The summed E-state index contributed by atoms with van der Waals surface area (Å²) in [5, 5.41) is 0. The van der Waals surface area contributed by atoms with Crippen molar-refractivity contribution >= 4 is 5.78 Å². The van der Waals surface area contributed by atoms with Crippen LogP contribution in [-0.4, -0.2) is 12.4 Å². The lowest BCUT2D eigenvalue weighted by Gasteiger charge is -2.27. The Balaban J connectivity index is 1.44. The Hall–Kier alpha value is -2.09. The molecule has 0 unspecified atom stereocenters. The lowest BCUT2D eigenvalue weighted by Crippen LogP contribution is -2.23. The van der Waals surface area contributed by atoms with E-state index in [0.717, 1.165) is 31.6 Å². The van der Waals surface area contributed by atoms with Crippen molar-refractivity contribution in [1.82, 2.24) is 0 Å². The maximum absolute atomic E-state index is 12.7. The molecule has 1 saturated carbocycles. The number of hydrogen-bond acceptors (Lipinski definition) is 2. The fourth-order valence-corrected chi connectivity index (χ4v) is 5.08. The third kappa shape index (κ3) is 8.32. The predicted molar refractivity (Wildman–Crippen MR) is 140 cm³/mol. The number of rotatable bonds is 14. The molecule has 0 amide bonds. The highest BCUT2D eigenvalue weighted by Gasteiger charge is 2.29. The molecule has 0 radical (unpaired) electrons. The SMILES string of the molecule is CCCCCCCCCOc1ccc(-c2ccc([C@H]3CC[C@H](CCCC)CC3=O)cc2)cc1. The second kappa shape index (κ2) is 14.2. The first-order valence-electron chi connectivity index (χ1n) is 13.6. The smallest absolute Gasteiger partial charge is 0.140 e. The molecule has 0 N–H and O–H groups in total. The van der Waals surface area contributed by atoms with Crippen LogP contribution < -0.4 is 4.74 Å². The van der Waals surface area contributed by atoms with Crippen molar-refractivity contribution in [2.75, 3.05) is 6.61 Å². The number of ketones is 1. The number of Topliss-reactive ketones (excluding diaryl/α,β-unsaturated/α-hetero) is 1. The normalized spacial score (nSPS) is 18.4. The Labute approximate surface area is 202 Å². The zero-order valence-electron chi connectivity index (χ0n) is 21.0. The zero-order chi connectivity index (χ0) is 23.3. The van der Waals surface area contributed by atoms with Crippen LogP contribution >= 0.6 is 0 Å². The molecule has 2 aromatic rings. The van der Waals surface area contributed by atoms with Crippen molar-refractivity contribution in [3.05, 3.63) is 54.1 Å². The zero-order valence-corrected chi connectivity index (χ0v) is 21.0. The molecule has 1 fully saturated rings. The Kier molecular flexibility index (Phi) is 11.0. The molecule has 33 heavy (non-hydrogen) atoms. The van der Waals surface area contributed by atoms with Crippen LogP contribution in [0.5, 0.6) is 5.75 Å². The molecule has 3 rings (SSSR count). The van der Waals surface area contributed by atoms with Gasteiger partial charge in [-0.2, -0.15) is 0 Å². The van der Waals surface area contributed by atoms with Crippen LogP contribution in [0.1, 0.15) is 109 Å². The number of unbranched alkanes of at least 4 members (excludes halogenated alkanes) is 7. The molecule has 1 aliphatic carbocycles. The first-order chi connectivity index (χ1) is 16.2. The van der Waals surface area contributed by atoms with Crippen molar-refractivity contribution in [3.8, 4) is 16.9 Å². The van der Waals surface area contributed by atoms with E-state index in [-0.39, 0.29) is 5.92 Å². The van der Waals surface area contributed by atoms with Gasteiger partial charge in [-0.1, -0.05) is 108 Å². The fraction of sp³-hybridized carbons (Fsp3) is 0.581. The molecule has 0 aliphatic heterocycles. The number of benzene rings is 2. The summed E-state index contributed by atoms with van der Waals surface area (Å²) < 4.78 is 5.93. The van der Waals surface area contributed by atoms with Crippen LogP contribution in [-0.2, 0) is 4.79 Å². The van der Waals surface area contributed by atoms with Crippen LogP contribution in [0, 0.1) is 5.92 Å². The minimum absolute atomic E-state index is 0.0966. The maximum atomic E-state index is 12.7. The maximum Gasteiger partial charge on any atom is 0.140 e. The molecule has 2 heteroatoms. The monoisotopic (exact) mass is 448 g/mol. The van der Waals surface area contributed by atoms with Crippen molar-refractivity contribution in [1.29, 1.82) is 0 Å². The number of ether oxygens (including phenoxy) is 1. The first kappa shape index (κ1) is 25.5. The summed E-state index contributed by atoms with van der Waals surface area (Å²) in [6.45, 7) is 5.29. The minimum atomic E-state index is 0.0966. The lowest BCUT2D eigenvalue weighted by atomic mass is 9.76. The van der Waals surface area contributed by atoms with Crippen LogP contribution in [0.15, 0.2) is 48.5 Å². The van der Waals surface area contributed by atoms with E-state index >= 15 is 0 Å². The molecule has 0 saturated heterocycles. The second-order valence-electron chi connectivity index (χ2n) is 9.92. The quantitative estimate of drug-likeness (QED) is 0.269. The van der Waals surface area contributed by atoms with Gasteiger partial charge in [-0.25, -0.2) is 0 Å². The third-order valence-electron chi connectivity index (χ3n) is 7.23. The van der Waals surface area contributed by atoms with Gasteiger partial charge >= 0.3 is 0 Å². The molecule has 0 aromatic heterocycles. The highest BCUT2D eigenvalue weighted by molar-refractivity contribution is 5.86. The lowest BCUT2D eigenvalue weighted by molar-refractivity contribution is -0.123. The van der Waals surface area contributed by atoms with E-state index in [0.29, 0.717) is 11.7 Å². The van der Waals surface area contributed by atoms with Gasteiger partial charge in [-0.15, -0.1) is 0 Å². The van der Waals surface area contributed by atoms with Crippen LogP contribution in [0.2, 0.25) is 0 Å². The van der Waals surface area contributed by atoms with Gasteiger partial charge in [0.1, 0.15) is 11.5 Å². The topological polar surface area (TPSA) is 26.3 Å². The molecule has 2 aromatic carbocycles. The molecule has 0 bridgehead atoms. The molecular formula is C31H44O2. The molecule has 2 nitrogen and oxygen atoms in total. The summed E-state index contributed by atoms with van der Waals surface area (Å²) in [7, 11) is 0. The van der Waals surface area contributed by atoms with Gasteiger partial charge in [0.25, 0.3) is 0 Å².